The zero-order chi connectivity index (χ0) is 31.0. The Morgan fingerprint density at radius 1 is 0.977 bits per heavy atom. The number of anilines is 1. The van der Waals surface area contributed by atoms with Crippen molar-refractivity contribution >= 4 is 23.6 Å². The average Bonchev–Trinajstić information content (AvgIpc) is 3.26. The molecule has 0 bridgehead atoms. The standard InChI is InChI=1S/C32H45N3O8/c1-24(37)43-34-22-31(40)35(32(34)41)28-13-10-12-25(19-28)11-6-2-4-8-17-42-18-9-5-3-7-16-33-21-30(39)26-14-15-29(38)27(20-26)23-36/h10,12-15,19-20,30,33,36,38-39H,2-9,11,16-18,21-23H2,1H3/t30-/m1/s1. The van der Waals surface area contributed by atoms with Crippen molar-refractivity contribution in [2.24, 2.45) is 0 Å². The Bertz CT molecular complexity index is 1190. The van der Waals surface area contributed by atoms with Crippen LogP contribution in [-0.2, 0) is 32.2 Å². The van der Waals surface area contributed by atoms with Gasteiger partial charge in [0.15, 0.2) is 0 Å². The normalized spacial score (nSPS) is 14.0. The molecule has 11 nitrogen and oxygen atoms in total. The fourth-order valence-corrected chi connectivity index (χ4v) is 4.90. The van der Waals surface area contributed by atoms with Gasteiger partial charge in [0, 0.05) is 32.2 Å². The molecule has 11 heteroatoms. The summed E-state index contributed by atoms with van der Waals surface area (Å²) in [5, 5.41) is 33.2. The predicted octanol–water partition coefficient (Wildman–Crippen LogP) is 4.13. The number of nitrogens with one attached hydrogen (secondary N) is 1. The van der Waals surface area contributed by atoms with E-state index in [-0.39, 0.29) is 18.9 Å². The Morgan fingerprint density at radius 3 is 2.42 bits per heavy atom. The minimum atomic E-state index is -0.688. The molecule has 1 saturated heterocycles. The summed E-state index contributed by atoms with van der Waals surface area (Å²) in [5.41, 5.74) is 2.60. The molecule has 3 rings (SSSR count). The second kappa shape index (κ2) is 18.2. The predicted molar refractivity (Wildman–Crippen MR) is 161 cm³/mol. The lowest BCUT2D eigenvalue weighted by Gasteiger charge is -2.16. The Morgan fingerprint density at radius 2 is 1.70 bits per heavy atom. The molecule has 0 radical (unpaired) electrons. The van der Waals surface area contributed by atoms with E-state index in [1.165, 1.54) is 13.0 Å². The Kier molecular flexibility index (Phi) is 14.4. The van der Waals surface area contributed by atoms with E-state index in [0.717, 1.165) is 93.1 Å². The first-order valence-electron chi connectivity index (χ1n) is 15.1. The van der Waals surface area contributed by atoms with E-state index in [9.17, 15) is 29.7 Å². The second-order valence-corrected chi connectivity index (χ2v) is 10.8. The van der Waals surface area contributed by atoms with Gasteiger partial charge in [-0.15, -0.1) is 5.06 Å². The zero-order valence-corrected chi connectivity index (χ0v) is 25.0. The first kappa shape index (κ1) is 34.0. The van der Waals surface area contributed by atoms with Gasteiger partial charge in [-0.2, -0.15) is 0 Å². The van der Waals surface area contributed by atoms with Crippen LogP contribution >= 0.6 is 0 Å². The van der Waals surface area contributed by atoms with Gasteiger partial charge in [-0.1, -0.05) is 43.9 Å². The molecule has 0 saturated carbocycles. The van der Waals surface area contributed by atoms with Gasteiger partial charge < -0.3 is 30.2 Å². The summed E-state index contributed by atoms with van der Waals surface area (Å²) in [7, 11) is 0. The lowest BCUT2D eigenvalue weighted by molar-refractivity contribution is -0.171. The molecule has 0 unspecified atom stereocenters. The molecule has 43 heavy (non-hydrogen) atoms. The van der Waals surface area contributed by atoms with Crippen LogP contribution in [-0.4, -0.2) is 71.1 Å². The number of urea groups is 1. The maximum atomic E-state index is 12.5. The van der Waals surface area contributed by atoms with Gasteiger partial charge in [-0.3, -0.25) is 9.59 Å². The molecular weight excluding hydrogens is 554 g/mol. The van der Waals surface area contributed by atoms with Crippen molar-refractivity contribution in [2.75, 3.05) is 37.7 Å². The number of carbonyl (C=O) groups excluding carboxylic acids is 3. The summed E-state index contributed by atoms with van der Waals surface area (Å²) >= 11 is 0. The van der Waals surface area contributed by atoms with Crippen molar-refractivity contribution in [3.8, 4) is 5.75 Å². The number of hydroxylamine groups is 2. The van der Waals surface area contributed by atoms with E-state index in [0.29, 0.717) is 23.4 Å². The second-order valence-electron chi connectivity index (χ2n) is 10.8. The number of imide groups is 1. The van der Waals surface area contributed by atoms with Crippen molar-refractivity contribution in [3.63, 3.8) is 0 Å². The number of aliphatic hydroxyl groups excluding tert-OH is 2. The van der Waals surface area contributed by atoms with Crippen LogP contribution in [0.5, 0.6) is 5.75 Å². The van der Waals surface area contributed by atoms with E-state index in [4.69, 9.17) is 9.57 Å². The Balaban J connectivity index is 1.16. The number of amides is 3. The van der Waals surface area contributed by atoms with Crippen LogP contribution in [0.25, 0.3) is 0 Å². The highest BCUT2D eigenvalue weighted by Crippen LogP contribution is 2.24. The topological polar surface area (TPSA) is 149 Å². The van der Waals surface area contributed by atoms with Crippen molar-refractivity contribution in [1.82, 2.24) is 10.4 Å². The van der Waals surface area contributed by atoms with Crippen LogP contribution in [0.3, 0.4) is 0 Å². The molecule has 1 fully saturated rings. The highest BCUT2D eigenvalue weighted by Gasteiger charge is 2.39. The van der Waals surface area contributed by atoms with Gasteiger partial charge in [0.2, 0.25) is 0 Å². The van der Waals surface area contributed by atoms with Crippen LogP contribution in [0.2, 0.25) is 0 Å². The number of aliphatic hydroxyl groups is 2. The maximum absolute atomic E-state index is 12.5. The number of nitrogens with zero attached hydrogens (tertiary/aromatic N) is 2. The number of aryl methyl sites for hydroxylation is 1. The quantitative estimate of drug-likeness (QED) is 0.130. The van der Waals surface area contributed by atoms with Gasteiger partial charge in [-0.25, -0.2) is 9.69 Å². The van der Waals surface area contributed by atoms with Crippen LogP contribution in [0, 0.1) is 0 Å². The summed E-state index contributed by atoms with van der Waals surface area (Å²) < 4.78 is 5.77. The number of ether oxygens (including phenoxy) is 1. The minimum Gasteiger partial charge on any atom is -0.508 e. The van der Waals surface area contributed by atoms with Crippen LogP contribution in [0.15, 0.2) is 42.5 Å². The highest BCUT2D eigenvalue weighted by atomic mass is 16.7. The first-order chi connectivity index (χ1) is 20.8. The van der Waals surface area contributed by atoms with Gasteiger partial charge in [0.1, 0.15) is 12.3 Å². The molecule has 3 amide bonds. The molecular formula is C32H45N3O8. The molecule has 2 aromatic rings. The van der Waals surface area contributed by atoms with Gasteiger partial charge in [-0.05, 0) is 74.0 Å². The third kappa shape index (κ3) is 11.3. The average molecular weight is 600 g/mol. The van der Waals surface area contributed by atoms with Gasteiger partial charge >= 0.3 is 12.0 Å². The fraction of sp³-hybridized carbons (Fsp3) is 0.531. The van der Waals surface area contributed by atoms with Gasteiger partial charge in [0.05, 0.1) is 18.4 Å². The molecule has 236 valence electrons. The lowest BCUT2D eigenvalue weighted by atomic mass is 10.1. The summed E-state index contributed by atoms with van der Waals surface area (Å²) in [4.78, 5) is 41.8. The smallest absolute Gasteiger partial charge is 0.365 e. The molecule has 1 atom stereocenters. The highest BCUT2D eigenvalue weighted by molar-refractivity contribution is 6.19. The van der Waals surface area contributed by atoms with Crippen molar-refractivity contribution < 1.29 is 39.3 Å². The van der Waals surface area contributed by atoms with E-state index in [2.05, 4.69) is 5.32 Å². The summed E-state index contributed by atoms with van der Waals surface area (Å²) in [6.45, 7) is 3.38. The number of hydrogen-bond donors (Lipinski definition) is 4. The van der Waals surface area contributed by atoms with E-state index < -0.39 is 24.0 Å². The third-order valence-electron chi connectivity index (χ3n) is 7.23. The number of rotatable bonds is 20. The summed E-state index contributed by atoms with van der Waals surface area (Å²) in [6, 6.07) is 11.5. The number of benzene rings is 2. The minimum absolute atomic E-state index is 0.0296. The number of aromatic hydroxyl groups is 1. The summed E-state index contributed by atoms with van der Waals surface area (Å²) in [5.74, 6) is -1.05. The number of carbonyl (C=O) groups is 3. The third-order valence-corrected chi connectivity index (χ3v) is 7.23. The monoisotopic (exact) mass is 599 g/mol. The van der Waals surface area contributed by atoms with Crippen molar-refractivity contribution in [1.29, 1.82) is 0 Å². The van der Waals surface area contributed by atoms with Gasteiger partial charge in [0.25, 0.3) is 5.91 Å². The SMILES string of the molecule is CC(=O)ON1CC(=O)N(c2cccc(CCCCCCOCCCCCCNC[C@@H](O)c3ccc(O)c(CO)c3)c2)C1=O. The van der Waals surface area contributed by atoms with Crippen LogP contribution in [0.1, 0.15) is 81.1 Å². The maximum Gasteiger partial charge on any atom is 0.365 e. The summed E-state index contributed by atoms with van der Waals surface area (Å²) in [6.07, 6.45) is 8.52. The van der Waals surface area contributed by atoms with E-state index >= 15 is 0 Å². The number of unbranched alkanes of at least 4 members (excludes halogenated alkanes) is 6. The van der Waals surface area contributed by atoms with E-state index in [1.54, 1.807) is 18.2 Å². The zero-order valence-electron chi connectivity index (χ0n) is 25.0. The first-order valence-corrected chi connectivity index (χ1v) is 15.1. The molecule has 1 heterocycles. The fourth-order valence-electron chi connectivity index (χ4n) is 4.90. The molecule has 1 aliphatic heterocycles. The molecule has 1 aliphatic rings. The molecule has 2 aromatic carbocycles. The largest absolute Gasteiger partial charge is 0.508 e. The molecule has 0 aliphatic carbocycles. The Labute approximate surface area is 253 Å². The Hall–Kier alpha value is -3.51. The molecule has 0 spiro atoms. The van der Waals surface area contributed by atoms with E-state index in [1.807, 2.05) is 18.2 Å². The van der Waals surface area contributed by atoms with Crippen molar-refractivity contribution in [3.05, 3.63) is 59.2 Å². The lowest BCUT2D eigenvalue weighted by Crippen LogP contribution is -2.34. The number of phenols is 1. The molecule has 4 N–H and O–H groups in total. The van der Waals surface area contributed by atoms with Crippen LogP contribution < -0.4 is 10.2 Å². The molecule has 0 aromatic heterocycles. The van der Waals surface area contributed by atoms with Crippen molar-refractivity contribution in [2.45, 2.75) is 77.4 Å². The number of hydrogen-bond acceptors (Lipinski definition) is 9. The van der Waals surface area contributed by atoms with Crippen LogP contribution in [0.4, 0.5) is 10.5 Å².